The van der Waals surface area contributed by atoms with Crippen molar-refractivity contribution in [3.8, 4) is 5.75 Å². The average Bonchev–Trinajstić information content (AvgIpc) is 3.00. The molecule has 216 valence electrons. The number of rotatable bonds is 6. The van der Waals surface area contributed by atoms with E-state index in [1.165, 1.54) is 68.7 Å². The van der Waals surface area contributed by atoms with Gasteiger partial charge in [-0.15, -0.1) is 0 Å². The molecule has 2 aliphatic rings. The van der Waals surface area contributed by atoms with Crippen LogP contribution < -0.4 is 15.4 Å². The topological polar surface area (TPSA) is 108 Å². The maximum absolute atomic E-state index is 14.6. The van der Waals surface area contributed by atoms with Gasteiger partial charge in [0, 0.05) is 17.2 Å². The second kappa shape index (κ2) is 11.5. The first-order valence-electron chi connectivity index (χ1n) is 13.1. The second-order valence-electron chi connectivity index (χ2n) is 9.90. The minimum absolute atomic E-state index is 0.0839. The van der Waals surface area contributed by atoms with Crippen LogP contribution in [0.1, 0.15) is 29.4 Å². The quantitative estimate of drug-likeness (QED) is 0.333. The van der Waals surface area contributed by atoms with Gasteiger partial charge in [-0.05, 0) is 60.0 Å². The van der Waals surface area contributed by atoms with Crippen molar-refractivity contribution < 1.29 is 37.4 Å². The van der Waals surface area contributed by atoms with Crippen molar-refractivity contribution in [2.45, 2.75) is 18.3 Å². The van der Waals surface area contributed by atoms with Crippen LogP contribution in [0, 0.1) is 17.6 Å². The summed E-state index contributed by atoms with van der Waals surface area (Å²) in [6.45, 7) is 0. The summed E-state index contributed by atoms with van der Waals surface area (Å²) in [7, 11) is 3.89. The predicted molar refractivity (Wildman–Crippen MR) is 149 cm³/mol. The lowest BCUT2D eigenvalue weighted by Crippen LogP contribution is -2.46. The van der Waals surface area contributed by atoms with E-state index in [1.54, 1.807) is 30.3 Å². The zero-order valence-corrected chi connectivity index (χ0v) is 23.1. The number of ketones is 1. The molecule has 1 aliphatic heterocycles. The summed E-state index contributed by atoms with van der Waals surface area (Å²) in [6.07, 6.45) is 0.0938. The largest absolute Gasteiger partial charge is 0.497 e. The Morgan fingerprint density at radius 3 is 2.14 bits per heavy atom. The van der Waals surface area contributed by atoms with Crippen LogP contribution >= 0.6 is 0 Å². The molecule has 2 N–H and O–H groups in total. The van der Waals surface area contributed by atoms with Gasteiger partial charge in [-0.25, -0.2) is 13.6 Å². The number of esters is 2. The fraction of sp³-hybridized carbons (Fsp3) is 0.219. The van der Waals surface area contributed by atoms with Gasteiger partial charge < -0.3 is 19.9 Å². The molecule has 0 fully saturated rings. The van der Waals surface area contributed by atoms with E-state index in [9.17, 15) is 23.2 Å². The number of anilines is 1. The van der Waals surface area contributed by atoms with Gasteiger partial charge in [0.2, 0.25) is 0 Å². The number of ether oxygens (including phenoxy) is 3. The molecule has 42 heavy (non-hydrogen) atoms. The fourth-order valence-electron chi connectivity index (χ4n) is 5.80. The van der Waals surface area contributed by atoms with E-state index >= 15 is 0 Å². The van der Waals surface area contributed by atoms with Crippen molar-refractivity contribution in [3.05, 3.63) is 118 Å². The number of nitrogens with two attached hydrogens (primary N) is 1. The standard InChI is InChI=1S/C32H28F2N2O6/c1-40-22-13-9-17(10-14-22)23-16-24-27(29(37)26(23)31(38)41-2)25(18-7-11-19(33)12-8-18)28(32(39)42-3)30(35)36(24)21-6-4-5-20(34)15-21/h4-15,23,25-26H,16,35H2,1-3H3/t23-,25+,26+/m0/s1. The highest BCUT2D eigenvalue weighted by Crippen LogP contribution is 2.51. The minimum Gasteiger partial charge on any atom is -0.497 e. The Kier molecular flexibility index (Phi) is 7.80. The van der Waals surface area contributed by atoms with Crippen LogP contribution in [-0.2, 0) is 23.9 Å². The molecule has 0 aromatic heterocycles. The fourth-order valence-corrected chi connectivity index (χ4v) is 5.80. The molecule has 8 nitrogen and oxygen atoms in total. The number of methoxy groups -OCH3 is 3. The van der Waals surface area contributed by atoms with E-state index in [0.29, 0.717) is 22.6 Å². The molecule has 0 spiro atoms. The summed E-state index contributed by atoms with van der Waals surface area (Å²) in [5.41, 5.74) is 8.33. The van der Waals surface area contributed by atoms with Gasteiger partial charge >= 0.3 is 11.9 Å². The van der Waals surface area contributed by atoms with Gasteiger partial charge in [-0.3, -0.25) is 14.5 Å². The van der Waals surface area contributed by atoms with Crippen LogP contribution in [-0.4, -0.2) is 39.1 Å². The van der Waals surface area contributed by atoms with Crippen LogP contribution in [0.4, 0.5) is 14.5 Å². The number of benzene rings is 3. The molecule has 0 saturated carbocycles. The van der Waals surface area contributed by atoms with Crippen molar-refractivity contribution in [2.24, 2.45) is 11.7 Å². The zero-order valence-electron chi connectivity index (χ0n) is 23.1. The van der Waals surface area contributed by atoms with Crippen molar-refractivity contribution >= 4 is 23.4 Å². The molecule has 0 radical (unpaired) electrons. The van der Waals surface area contributed by atoms with Crippen LogP contribution in [0.3, 0.4) is 0 Å². The molecular formula is C32H28F2N2O6. The Labute approximate surface area is 241 Å². The lowest BCUT2D eigenvalue weighted by atomic mass is 9.67. The third-order valence-corrected chi connectivity index (χ3v) is 7.71. The molecule has 0 bridgehead atoms. The number of halogens is 2. The third-order valence-electron chi connectivity index (χ3n) is 7.71. The number of hydrogen-bond acceptors (Lipinski definition) is 8. The summed E-state index contributed by atoms with van der Waals surface area (Å²) in [5, 5.41) is 0. The monoisotopic (exact) mass is 574 g/mol. The molecular weight excluding hydrogens is 546 g/mol. The van der Waals surface area contributed by atoms with Crippen molar-refractivity contribution in [1.82, 2.24) is 0 Å². The maximum Gasteiger partial charge on any atom is 0.338 e. The van der Waals surface area contributed by atoms with E-state index < -0.39 is 47.1 Å². The van der Waals surface area contributed by atoms with Crippen LogP contribution in [0.15, 0.2) is 95.5 Å². The molecule has 10 heteroatoms. The normalized spacial score (nSPS) is 20.3. The Morgan fingerprint density at radius 1 is 0.881 bits per heavy atom. The van der Waals surface area contributed by atoms with Crippen LogP contribution in [0.2, 0.25) is 0 Å². The Bertz CT molecular complexity index is 1610. The summed E-state index contributed by atoms with van der Waals surface area (Å²) < 4.78 is 43.9. The van der Waals surface area contributed by atoms with Crippen LogP contribution in [0.5, 0.6) is 5.75 Å². The lowest BCUT2D eigenvalue weighted by molar-refractivity contribution is -0.150. The SMILES string of the molecule is COC(=O)C1=C(N)N(c2cccc(F)c2)C2=C(C(=O)[C@H](C(=O)OC)[C@H](c3ccc(OC)cc3)C2)[C@H]1c1ccc(F)cc1. The molecule has 1 heterocycles. The van der Waals surface area contributed by atoms with Gasteiger partial charge in [0.15, 0.2) is 5.78 Å². The van der Waals surface area contributed by atoms with E-state index in [-0.39, 0.29) is 29.1 Å². The molecule has 5 rings (SSSR count). The van der Waals surface area contributed by atoms with Crippen molar-refractivity contribution in [3.63, 3.8) is 0 Å². The number of hydrogen-bond donors (Lipinski definition) is 1. The highest BCUT2D eigenvalue weighted by molar-refractivity contribution is 6.14. The molecule has 1 aliphatic carbocycles. The first kappa shape index (κ1) is 28.5. The van der Waals surface area contributed by atoms with Gasteiger partial charge in [-0.1, -0.05) is 30.3 Å². The maximum atomic E-state index is 14.6. The Balaban J connectivity index is 1.81. The number of carbonyl (C=O) groups is 3. The van der Waals surface area contributed by atoms with Gasteiger partial charge in [0.1, 0.15) is 29.1 Å². The molecule has 0 saturated heterocycles. The highest BCUT2D eigenvalue weighted by atomic mass is 19.1. The highest BCUT2D eigenvalue weighted by Gasteiger charge is 2.51. The predicted octanol–water partition coefficient (Wildman–Crippen LogP) is 4.72. The van der Waals surface area contributed by atoms with Gasteiger partial charge in [0.25, 0.3) is 0 Å². The number of Topliss-reactive ketones (excluding diaryl/α,β-unsaturated/α-hetero) is 1. The number of allylic oxidation sites excluding steroid dienone is 2. The third kappa shape index (κ3) is 4.89. The summed E-state index contributed by atoms with van der Waals surface area (Å²) in [4.78, 5) is 42.5. The zero-order chi connectivity index (χ0) is 30.1. The minimum atomic E-state index is -1.28. The van der Waals surface area contributed by atoms with Gasteiger partial charge in [-0.2, -0.15) is 0 Å². The van der Waals surface area contributed by atoms with Crippen LogP contribution in [0.25, 0.3) is 0 Å². The smallest absolute Gasteiger partial charge is 0.338 e. The van der Waals surface area contributed by atoms with E-state index in [0.717, 1.165) is 0 Å². The Morgan fingerprint density at radius 2 is 1.55 bits per heavy atom. The first-order valence-corrected chi connectivity index (χ1v) is 13.1. The lowest BCUT2D eigenvalue weighted by Gasteiger charge is -2.44. The molecule has 3 atom stereocenters. The molecule has 3 aromatic carbocycles. The number of nitrogens with zero attached hydrogens (tertiary/aromatic N) is 1. The summed E-state index contributed by atoms with van der Waals surface area (Å²) in [5.74, 6) is -5.88. The Hall–Kier alpha value is -4.99. The molecule has 3 aromatic rings. The molecule has 0 amide bonds. The average molecular weight is 575 g/mol. The second-order valence-corrected chi connectivity index (χ2v) is 9.90. The van der Waals surface area contributed by atoms with E-state index in [1.807, 2.05) is 0 Å². The van der Waals surface area contributed by atoms with E-state index in [4.69, 9.17) is 19.9 Å². The van der Waals surface area contributed by atoms with E-state index in [2.05, 4.69) is 0 Å². The van der Waals surface area contributed by atoms with Crippen molar-refractivity contribution in [2.75, 3.05) is 26.2 Å². The van der Waals surface area contributed by atoms with Gasteiger partial charge in [0.05, 0.1) is 38.5 Å². The summed E-state index contributed by atoms with van der Waals surface area (Å²) >= 11 is 0. The molecule has 0 unspecified atom stereocenters. The number of carbonyl (C=O) groups excluding carboxylic acids is 3. The summed E-state index contributed by atoms with van der Waals surface area (Å²) in [6, 6.07) is 17.8. The first-order chi connectivity index (χ1) is 20.2. The van der Waals surface area contributed by atoms with Crippen molar-refractivity contribution in [1.29, 1.82) is 0 Å².